The highest BCUT2D eigenvalue weighted by atomic mass is 16.5. The predicted molar refractivity (Wildman–Crippen MR) is 70.1 cm³/mol. The van der Waals surface area contributed by atoms with Crippen molar-refractivity contribution in [3.05, 3.63) is 23.5 Å². The van der Waals surface area contributed by atoms with Crippen molar-refractivity contribution < 1.29 is 4.74 Å². The first-order chi connectivity index (χ1) is 7.86. The van der Waals surface area contributed by atoms with Crippen molar-refractivity contribution in [1.29, 1.82) is 0 Å². The Balaban J connectivity index is 2.78. The number of nitrogens with zero attached hydrogens (tertiary/aromatic N) is 2. The summed E-state index contributed by atoms with van der Waals surface area (Å²) in [5.74, 6) is 0.843. The van der Waals surface area contributed by atoms with Gasteiger partial charge in [0.2, 0.25) is 0 Å². The van der Waals surface area contributed by atoms with E-state index < -0.39 is 0 Å². The van der Waals surface area contributed by atoms with Crippen LogP contribution in [-0.2, 0) is 6.54 Å². The van der Waals surface area contributed by atoms with E-state index >= 15 is 0 Å². The molecule has 0 spiro atoms. The van der Waals surface area contributed by atoms with Gasteiger partial charge in [0.1, 0.15) is 12.4 Å². The van der Waals surface area contributed by atoms with E-state index in [4.69, 9.17) is 10.5 Å². The maximum atomic E-state index is 5.87. The van der Waals surface area contributed by atoms with Gasteiger partial charge in [0, 0.05) is 35.6 Å². The van der Waals surface area contributed by atoms with Gasteiger partial charge in [0.25, 0.3) is 0 Å². The molecule has 0 unspecified atom stereocenters. The molecule has 0 bridgehead atoms. The van der Waals surface area contributed by atoms with Gasteiger partial charge in [-0.15, -0.1) is 0 Å². The minimum Gasteiger partial charge on any atom is -0.491 e. The molecule has 0 aliphatic heterocycles. The lowest BCUT2D eigenvalue weighted by atomic mass is 10.1. The lowest BCUT2D eigenvalue weighted by Crippen LogP contribution is -2.43. The number of aryl methyl sites for hydroxylation is 1. The van der Waals surface area contributed by atoms with E-state index in [1.807, 2.05) is 27.1 Å². The number of pyridine rings is 1. The molecular weight excluding hydrogens is 214 g/mol. The van der Waals surface area contributed by atoms with Crippen LogP contribution in [0.1, 0.15) is 25.1 Å². The van der Waals surface area contributed by atoms with Crippen LogP contribution in [-0.4, -0.2) is 36.1 Å². The molecule has 0 saturated heterocycles. The van der Waals surface area contributed by atoms with Crippen molar-refractivity contribution >= 4 is 0 Å². The van der Waals surface area contributed by atoms with Gasteiger partial charge in [-0.25, -0.2) is 0 Å². The molecule has 0 aliphatic carbocycles. The molecule has 0 amide bonds. The summed E-state index contributed by atoms with van der Waals surface area (Å²) in [6, 6.07) is 1.94. The predicted octanol–water partition coefficient (Wildman–Crippen LogP) is 1.57. The van der Waals surface area contributed by atoms with E-state index in [0.717, 1.165) is 17.0 Å². The summed E-state index contributed by atoms with van der Waals surface area (Å²) in [5.41, 5.74) is 7.55. The Morgan fingerprint density at radius 3 is 2.59 bits per heavy atom. The minimum atomic E-state index is -0.0109. The molecule has 1 rings (SSSR count). The molecule has 0 saturated carbocycles. The Morgan fingerprint density at radius 1 is 1.41 bits per heavy atom. The highest BCUT2D eigenvalue weighted by Gasteiger charge is 2.21. The van der Waals surface area contributed by atoms with Crippen LogP contribution < -0.4 is 10.5 Å². The summed E-state index contributed by atoms with van der Waals surface area (Å²) >= 11 is 0. The van der Waals surface area contributed by atoms with Crippen LogP contribution in [0.3, 0.4) is 0 Å². The number of rotatable bonds is 5. The van der Waals surface area contributed by atoms with E-state index in [-0.39, 0.29) is 5.54 Å². The molecule has 0 aromatic carbocycles. The number of hydrogen-bond acceptors (Lipinski definition) is 4. The second-order valence-electron chi connectivity index (χ2n) is 5.13. The van der Waals surface area contributed by atoms with Crippen molar-refractivity contribution in [2.45, 2.75) is 32.9 Å². The van der Waals surface area contributed by atoms with Crippen molar-refractivity contribution in [2.75, 3.05) is 20.7 Å². The SMILES string of the molecule is Cc1cc(OCC(C)(C)N(C)C)c(CN)cn1. The molecule has 0 radical (unpaired) electrons. The van der Waals surface area contributed by atoms with E-state index in [9.17, 15) is 0 Å². The molecule has 4 nitrogen and oxygen atoms in total. The number of hydrogen-bond donors (Lipinski definition) is 1. The fourth-order valence-corrected chi connectivity index (χ4v) is 1.23. The van der Waals surface area contributed by atoms with Gasteiger partial charge in [-0.1, -0.05) is 0 Å². The lowest BCUT2D eigenvalue weighted by Gasteiger charge is -2.32. The Labute approximate surface area is 104 Å². The number of ether oxygens (including phenoxy) is 1. The van der Waals surface area contributed by atoms with Crippen LogP contribution in [0.4, 0.5) is 0 Å². The molecule has 0 atom stereocenters. The summed E-state index contributed by atoms with van der Waals surface area (Å²) in [6.07, 6.45) is 1.79. The van der Waals surface area contributed by atoms with Gasteiger partial charge >= 0.3 is 0 Å². The molecule has 1 heterocycles. The summed E-state index contributed by atoms with van der Waals surface area (Å²) < 4.78 is 5.87. The van der Waals surface area contributed by atoms with E-state index in [1.54, 1.807) is 6.20 Å². The lowest BCUT2D eigenvalue weighted by molar-refractivity contribution is 0.113. The summed E-state index contributed by atoms with van der Waals surface area (Å²) in [4.78, 5) is 6.36. The molecular formula is C13H23N3O. The first kappa shape index (κ1) is 13.9. The third-order valence-electron chi connectivity index (χ3n) is 3.09. The van der Waals surface area contributed by atoms with Crippen LogP contribution in [0.15, 0.2) is 12.3 Å². The van der Waals surface area contributed by atoms with Crippen molar-refractivity contribution in [3.63, 3.8) is 0 Å². The van der Waals surface area contributed by atoms with Gasteiger partial charge in [-0.2, -0.15) is 0 Å². The molecule has 4 heteroatoms. The number of aromatic nitrogens is 1. The molecule has 17 heavy (non-hydrogen) atoms. The number of likely N-dealkylation sites (N-methyl/N-ethyl adjacent to an activating group) is 1. The molecule has 1 aromatic heterocycles. The molecule has 1 aromatic rings. The van der Waals surface area contributed by atoms with Crippen molar-refractivity contribution in [2.24, 2.45) is 5.73 Å². The summed E-state index contributed by atoms with van der Waals surface area (Å²) in [5, 5.41) is 0. The average Bonchev–Trinajstić information content (AvgIpc) is 2.26. The monoisotopic (exact) mass is 237 g/mol. The average molecular weight is 237 g/mol. The normalized spacial score (nSPS) is 11.9. The topological polar surface area (TPSA) is 51.4 Å². The number of nitrogens with two attached hydrogens (primary N) is 1. The maximum Gasteiger partial charge on any atom is 0.127 e. The van der Waals surface area contributed by atoms with Crippen molar-refractivity contribution in [1.82, 2.24) is 9.88 Å². The second-order valence-corrected chi connectivity index (χ2v) is 5.13. The zero-order valence-corrected chi connectivity index (χ0v) is 11.4. The smallest absolute Gasteiger partial charge is 0.127 e. The summed E-state index contributed by atoms with van der Waals surface area (Å²) in [6.45, 7) is 7.30. The highest BCUT2D eigenvalue weighted by Crippen LogP contribution is 2.20. The van der Waals surface area contributed by atoms with Gasteiger partial charge in [-0.3, -0.25) is 4.98 Å². The fraction of sp³-hybridized carbons (Fsp3) is 0.615. The van der Waals surface area contributed by atoms with Crippen LogP contribution >= 0.6 is 0 Å². The van der Waals surface area contributed by atoms with Gasteiger partial charge < -0.3 is 15.4 Å². The second kappa shape index (κ2) is 5.47. The Morgan fingerprint density at radius 2 is 2.06 bits per heavy atom. The molecule has 0 aliphatic rings. The van der Waals surface area contributed by atoms with Gasteiger partial charge in [0.15, 0.2) is 0 Å². The van der Waals surface area contributed by atoms with E-state index in [2.05, 4.69) is 23.7 Å². The van der Waals surface area contributed by atoms with E-state index in [0.29, 0.717) is 13.2 Å². The Bertz CT molecular complexity index is 375. The fourth-order valence-electron chi connectivity index (χ4n) is 1.23. The summed E-state index contributed by atoms with van der Waals surface area (Å²) in [7, 11) is 4.09. The first-order valence-electron chi connectivity index (χ1n) is 5.82. The molecule has 2 N–H and O–H groups in total. The highest BCUT2D eigenvalue weighted by molar-refractivity contribution is 5.32. The Hall–Kier alpha value is -1.13. The molecule has 96 valence electrons. The standard InChI is InChI=1S/C13H23N3O/c1-10-6-12(11(7-14)8-15-10)17-9-13(2,3)16(4)5/h6,8H,7,9,14H2,1-5H3. The minimum absolute atomic E-state index is 0.0109. The van der Waals surface area contributed by atoms with Gasteiger partial charge in [0.05, 0.1) is 0 Å². The maximum absolute atomic E-state index is 5.87. The van der Waals surface area contributed by atoms with E-state index in [1.165, 1.54) is 0 Å². The van der Waals surface area contributed by atoms with Crippen LogP contribution in [0, 0.1) is 6.92 Å². The quantitative estimate of drug-likeness (QED) is 0.844. The Kier molecular flexibility index (Phi) is 4.48. The van der Waals surface area contributed by atoms with Crippen LogP contribution in [0.25, 0.3) is 0 Å². The third-order valence-corrected chi connectivity index (χ3v) is 3.09. The van der Waals surface area contributed by atoms with Crippen LogP contribution in [0.5, 0.6) is 5.75 Å². The largest absolute Gasteiger partial charge is 0.491 e. The van der Waals surface area contributed by atoms with Crippen LogP contribution in [0.2, 0.25) is 0 Å². The first-order valence-corrected chi connectivity index (χ1v) is 5.82. The zero-order valence-electron chi connectivity index (χ0n) is 11.4. The molecule has 0 fully saturated rings. The van der Waals surface area contributed by atoms with Gasteiger partial charge in [-0.05, 0) is 34.9 Å². The zero-order chi connectivity index (χ0) is 13.1. The van der Waals surface area contributed by atoms with Crippen molar-refractivity contribution in [3.8, 4) is 5.75 Å². The third kappa shape index (κ3) is 3.68.